The van der Waals surface area contributed by atoms with Gasteiger partial charge in [-0.1, -0.05) is 0 Å². The Morgan fingerprint density at radius 3 is 2.81 bits per heavy atom. The van der Waals surface area contributed by atoms with Crippen LogP contribution in [0.15, 0.2) is 6.07 Å². The highest BCUT2D eigenvalue weighted by Crippen LogP contribution is 2.27. The van der Waals surface area contributed by atoms with E-state index in [0.29, 0.717) is 18.2 Å². The Morgan fingerprint density at radius 1 is 1.38 bits per heavy atom. The van der Waals surface area contributed by atoms with Crippen LogP contribution in [0, 0.1) is 6.92 Å². The molecular weight excluding hydrogens is 200 g/mol. The molecule has 86 valence electrons. The van der Waals surface area contributed by atoms with Crippen molar-refractivity contribution in [2.24, 2.45) is 0 Å². The van der Waals surface area contributed by atoms with E-state index in [0.717, 1.165) is 29.8 Å². The summed E-state index contributed by atoms with van der Waals surface area (Å²) >= 11 is 0. The first kappa shape index (κ1) is 11.1. The minimum Gasteiger partial charge on any atom is -0.383 e. The van der Waals surface area contributed by atoms with Crippen LogP contribution in [0.25, 0.3) is 0 Å². The molecule has 16 heavy (non-hydrogen) atoms. The molecular formula is C13H18N2O. The molecule has 1 aromatic heterocycles. The molecule has 1 aliphatic carbocycles. The van der Waals surface area contributed by atoms with E-state index in [9.17, 15) is 4.79 Å². The third-order valence-electron chi connectivity index (χ3n) is 2.79. The van der Waals surface area contributed by atoms with Gasteiger partial charge in [-0.05, 0) is 39.7 Å². The van der Waals surface area contributed by atoms with Gasteiger partial charge in [0.05, 0.1) is 0 Å². The second-order valence-corrected chi connectivity index (χ2v) is 4.71. The lowest BCUT2D eigenvalue weighted by Gasteiger charge is -2.20. The van der Waals surface area contributed by atoms with Gasteiger partial charge in [0.25, 0.3) is 0 Å². The molecule has 0 radical (unpaired) electrons. The Labute approximate surface area is 96.3 Å². The lowest BCUT2D eigenvalue weighted by Crippen LogP contribution is -2.19. The summed E-state index contributed by atoms with van der Waals surface area (Å²) < 4.78 is 0. The Morgan fingerprint density at radius 2 is 2.12 bits per heavy atom. The predicted molar refractivity (Wildman–Crippen MR) is 65.0 cm³/mol. The molecule has 0 aliphatic heterocycles. The molecule has 3 heteroatoms. The zero-order valence-corrected chi connectivity index (χ0v) is 10.1. The van der Waals surface area contributed by atoms with Crippen LogP contribution in [0.4, 0.5) is 5.69 Å². The quantitative estimate of drug-likeness (QED) is 0.830. The number of hydrogen-bond acceptors (Lipinski definition) is 3. The highest BCUT2D eigenvalue weighted by molar-refractivity contribution is 5.98. The molecule has 1 aromatic rings. The number of aromatic nitrogens is 1. The number of hydrogen-bond donors (Lipinski definition) is 1. The maximum absolute atomic E-state index is 11.8. The van der Waals surface area contributed by atoms with Crippen LogP contribution in [0.2, 0.25) is 0 Å². The molecule has 3 nitrogen and oxygen atoms in total. The second-order valence-electron chi connectivity index (χ2n) is 4.71. The molecule has 0 amide bonds. The van der Waals surface area contributed by atoms with E-state index in [1.54, 1.807) is 0 Å². The normalized spacial score (nSPS) is 15.1. The first-order valence-corrected chi connectivity index (χ1v) is 5.88. The van der Waals surface area contributed by atoms with Crippen LogP contribution in [-0.4, -0.2) is 16.8 Å². The minimum absolute atomic E-state index is 0.191. The third-order valence-corrected chi connectivity index (χ3v) is 2.79. The van der Waals surface area contributed by atoms with Gasteiger partial charge in [-0.15, -0.1) is 0 Å². The van der Waals surface area contributed by atoms with Gasteiger partial charge in [0, 0.05) is 29.4 Å². The molecule has 1 N–H and O–H groups in total. The Balaban J connectivity index is 2.48. The number of pyridine rings is 1. The lowest BCUT2D eigenvalue weighted by atomic mass is 9.93. The summed E-state index contributed by atoms with van der Waals surface area (Å²) in [6, 6.07) is 2.42. The Hall–Kier alpha value is -1.38. The average molecular weight is 218 g/mol. The minimum atomic E-state index is 0.191. The van der Waals surface area contributed by atoms with E-state index in [1.165, 1.54) is 0 Å². The number of Topliss-reactive ketones (excluding diaryl/α,β-unsaturated/α-hetero) is 1. The monoisotopic (exact) mass is 218 g/mol. The molecule has 0 saturated carbocycles. The highest BCUT2D eigenvalue weighted by atomic mass is 16.1. The molecule has 0 spiro atoms. The van der Waals surface area contributed by atoms with E-state index < -0.39 is 0 Å². The van der Waals surface area contributed by atoms with Crippen molar-refractivity contribution in [1.29, 1.82) is 0 Å². The third kappa shape index (κ3) is 2.08. The standard InChI is InChI=1S/C13H18N2O/c1-8(2)14-11-7-9(3)15-13-10(11)5-4-6-12(13)16/h7-8H,4-6H2,1-3H3,(H,14,15). The van der Waals surface area contributed by atoms with Crippen molar-refractivity contribution >= 4 is 11.5 Å². The van der Waals surface area contributed by atoms with Crippen LogP contribution in [0.1, 0.15) is 48.4 Å². The molecule has 0 bridgehead atoms. The van der Waals surface area contributed by atoms with Crippen LogP contribution in [-0.2, 0) is 6.42 Å². The molecule has 0 fully saturated rings. The average Bonchev–Trinajstić information content (AvgIpc) is 2.18. The predicted octanol–water partition coefficient (Wildman–Crippen LogP) is 2.73. The van der Waals surface area contributed by atoms with Crippen LogP contribution in [0.3, 0.4) is 0 Å². The molecule has 1 heterocycles. The second kappa shape index (κ2) is 4.24. The van der Waals surface area contributed by atoms with Gasteiger partial charge in [0.1, 0.15) is 5.69 Å². The SMILES string of the molecule is Cc1cc(NC(C)C)c2c(n1)C(=O)CCC2. The molecule has 0 saturated heterocycles. The summed E-state index contributed by atoms with van der Waals surface area (Å²) in [7, 11) is 0. The molecule has 0 atom stereocenters. The lowest BCUT2D eigenvalue weighted by molar-refractivity contribution is 0.0967. The van der Waals surface area contributed by atoms with Crippen molar-refractivity contribution in [3.63, 3.8) is 0 Å². The zero-order valence-electron chi connectivity index (χ0n) is 10.1. The topological polar surface area (TPSA) is 42.0 Å². The number of ketones is 1. The van der Waals surface area contributed by atoms with Gasteiger partial charge in [-0.3, -0.25) is 4.79 Å². The fourth-order valence-corrected chi connectivity index (χ4v) is 2.17. The van der Waals surface area contributed by atoms with Gasteiger partial charge < -0.3 is 5.32 Å². The summed E-state index contributed by atoms with van der Waals surface area (Å²) in [6.45, 7) is 6.15. The Bertz CT molecular complexity index is 424. The van der Waals surface area contributed by atoms with E-state index in [4.69, 9.17) is 0 Å². The number of carbonyl (C=O) groups is 1. The highest BCUT2D eigenvalue weighted by Gasteiger charge is 2.22. The molecule has 2 rings (SSSR count). The van der Waals surface area contributed by atoms with Crippen molar-refractivity contribution in [2.75, 3.05) is 5.32 Å². The van der Waals surface area contributed by atoms with Crippen molar-refractivity contribution in [1.82, 2.24) is 4.98 Å². The van der Waals surface area contributed by atoms with Gasteiger partial charge in [-0.2, -0.15) is 0 Å². The Kier molecular flexibility index (Phi) is 2.95. The van der Waals surface area contributed by atoms with Gasteiger partial charge >= 0.3 is 0 Å². The van der Waals surface area contributed by atoms with E-state index in [-0.39, 0.29) is 5.78 Å². The van der Waals surface area contributed by atoms with Gasteiger partial charge in [-0.25, -0.2) is 4.98 Å². The number of aryl methyl sites for hydroxylation is 1. The van der Waals surface area contributed by atoms with Crippen molar-refractivity contribution < 1.29 is 4.79 Å². The van der Waals surface area contributed by atoms with E-state index >= 15 is 0 Å². The number of nitrogens with one attached hydrogen (secondary N) is 1. The summed E-state index contributed by atoms with van der Waals surface area (Å²) in [5.41, 5.74) is 3.80. The molecule has 0 unspecified atom stereocenters. The summed E-state index contributed by atoms with van der Waals surface area (Å²) in [5.74, 6) is 0.191. The van der Waals surface area contributed by atoms with Crippen molar-refractivity contribution in [3.05, 3.63) is 23.0 Å². The van der Waals surface area contributed by atoms with Crippen LogP contribution >= 0.6 is 0 Å². The number of nitrogens with zero attached hydrogens (tertiary/aromatic N) is 1. The molecule has 0 aromatic carbocycles. The summed E-state index contributed by atoms with van der Waals surface area (Å²) in [6.07, 6.45) is 2.55. The first-order valence-electron chi connectivity index (χ1n) is 5.88. The van der Waals surface area contributed by atoms with Crippen molar-refractivity contribution in [3.8, 4) is 0 Å². The van der Waals surface area contributed by atoms with Gasteiger partial charge in [0.15, 0.2) is 5.78 Å². The van der Waals surface area contributed by atoms with Crippen molar-refractivity contribution in [2.45, 2.75) is 46.1 Å². The van der Waals surface area contributed by atoms with E-state index in [2.05, 4.69) is 24.1 Å². The zero-order chi connectivity index (χ0) is 11.7. The summed E-state index contributed by atoms with van der Waals surface area (Å²) in [5, 5.41) is 3.40. The number of fused-ring (bicyclic) bond motifs is 1. The fraction of sp³-hybridized carbons (Fsp3) is 0.538. The maximum Gasteiger partial charge on any atom is 0.181 e. The van der Waals surface area contributed by atoms with Crippen LogP contribution in [0.5, 0.6) is 0 Å². The first-order chi connectivity index (χ1) is 7.58. The smallest absolute Gasteiger partial charge is 0.181 e. The van der Waals surface area contributed by atoms with E-state index in [1.807, 2.05) is 13.0 Å². The maximum atomic E-state index is 11.8. The van der Waals surface area contributed by atoms with Crippen LogP contribution < -0.4 is 5.32 Å². The largest absolute Gasteiger partial charge is 0.383 e. The number of rotatable bonds is 2. The van der Waals surface area contributed by atoms with Gasteiger partial charge in [0.2, 0.25) is 0 Å². The fourth-order valence-electron chi connectivity index (χ4n) is 2.17. The molecule has 1 aliphatic rings. The summed E-state index contributed by atoms with van der Waals surface area (Å²) in [4.78, 5) is 16.2. The number of anilines is 1. The number of carbonyl (C=O) groups excluding carboxylic acids is 1.